The van der Waals surface area contributed by atoms with Gasteiger partial charge >= 0.3 is 0 Å². The van der Waals surface area contributed by atoms with Gasteiger partial charge in [0.05, 0.1) is 15.6 Å². The summed E-state index contributed by atoms with van der Waals surface area (Å²) in [7, 11) is 0. The lowest BCUT2D eigenvalue weighted by Crippen LogP contribution is -2.46. The van der Waals surface area contributed by atoms with Crippen molar-refractivity contribution in [2.45, 2.75) is 32.4 Å². The molecule has 1 atom stereocenters. The van der Waals surface area contributed by atoms with Crippen molar-refractivity contribution < 1.29 is 0 Å². The minimum atomic E-state index is 0.821. The predicted octanol–water partition coefficient (Wildman–Crippen LogP) is 2.73. The first-order chi connectivity index (χ1) is 6.29. The zero-order chi connectivity index (χ0) is 9.26. The smallest absolute Gasteiger partial charge is 0.108 e. The van der Waals surface area contributed by atoms with E-state index in [0.717, 1.165) is 12.6 Å². The molecule has 72 valence electrons. The monoisotopic (exact) mass is 308 g/mol. The van der Waals surface area contributed by atoms with Crippen molar-refractivity contribution in [3.63, 3.8) is 0 Å². The number of nitrogens with zero attached hydrogens (tertiary/aromatic N) is 2. The first-order valence-electron chi connectivity index (χ1n) is 4.64. The van der Waals surface area contributed by atoms with Gasteiger partial charge in [-0.05, 0) is 35.4 Å². The highest BCUT2D eigenvalue weighted by atomic mass is 127. The van der Waals surface area contributed by atoms with E-state index in [1.165, 1.54) is 27.3 Å². The summed E-state index contributed by atoms with van der Waals surface area (Å²) in [5.74, 6) is 0. The maximum atomic E-state index is 4.38. The van der Waals surface area contributed by atoms with Crippen molar-refractivity contribution in [3.8, 4) is 0 Å². The van der Waals surface area contributed by atoms with Crippen LogP contribution in [0.15, 0.2) is 6.20 Å². The lowest BCUT2D eigenvalue weighted by molar-refractivity contribution is 0.0790. The molecule has 0 N–H and O–H groups in total. The first kappa shape index (κ1) is 9.86. The van der Waals surface area contributed by atoms with Gasteiger partial charge in [-0.2, -0.15) is 0 Å². The second kappa shape index (κ2) is 4.23. The van der Waals surface area contributed by atoms with Gasteiger partial charge in [0.25, 0.3) is 0 Å². The van der Waals surface area contributed by atoms with E-state index in [4.69, 9.17) is 0 Å². The predicted molar refractivity (Wildman–Crippen MR) is 63.9 cm³/mol. The highest BCUT2D eigenvalue weighted by molar-refractivity contribution is 14.1. The van der Waals surface area contributed by atoms with E-state index in [2.05, 4.69) is 39.4 Å². The summed E-state index contributed by atoms with van der Waals surface area (Å²) in [6.45, 7) is 4.59. The summed E-state index contributed by atoms with van der Waals surface area (Å²) in [6.07, 6.45) is 4.61. The number of rotatable bonds is 3. The summed E-state index contributed by atoms with van der Waals surface area (Å²) < 4.78 is 1.29. The molecule has 2 nitrogen and oxygen atoms in total. The van der Waals surface area contributed by atoms with E-state index >= 15 is 0 Å². The van der Waals surface area contributed by atoms with E-state index in [9.17, 15) is 0 Å². The SMILES string of the molecule is CCC1CCN1Cc1ncc(I)s1. The van der Waals surface area contributed by atoms with Gasteiger partial charge in [0.15, 0.2) is 0 Å². The first-order valence-corrected chi connectivity index (χ1v) is 6.53. The van der Waals surface area contributed by atoms with Gasteiger partial charge in [0, 0.05) is 12.6 Å². The van der Waals surface area contributed by atoms with Crippen LogP contribution >= 0.6 is 33.9 Å². The highest BCUT2D eigenvalue weighted by Gasteiger charge is 2.26. The Morgan fingerprint density at radius 2 is 2.62 bits per heavy atom. The van der Waals surface area contributed by atoms with Crippen LogP contribution in [-0.2, 0) is 6.54 Å². The molecule has 0 aromatic carbocycles. The van der Waals surface area contributed by atoms with Crippen LogP contribution in [0.2, 0.25) is 0 Å². The molecule has 1 saturated heterocycles. The van der Waals surface area contributed by atoms with Crippen LogP contribution in [0, 0.1) is 2.88 Å². The average molecular weight is 308 g/mol. The maximum Gasteiger partial charge on any atom is 0.108 e. The molecule has 0 radical (unpaired) electrons. The second-order valence-electron chi connectivity index (χ2n) is 3.38. The van der Waals surface area contributed by atoms with Gasteiger partial charge < -0.3 is 0 Å². The molecular formula is C9H13IN2S. The average Bonchev–Trinajstić information content (AvgIpc) is 2.46. The Morgan fingerprint density at radius 3 is 3.08 bits per heavy atom. The molecule has 1 aliphatic heterocycles. The molecule has 2 heterocycles. The van der Waals surface area contributed by atoms with Crippen LogP contribution in [0.5, 0.6) is 0 Å². The third kappa shape index (κ3) is 2.22. The van der Waals surface area contributed by atoms with Gasteiger partial charge in [-0.1, -0.05) is 6.92 Å². The van der Waals surface area contributed by atoms with E-state index in [-0.39, 0.29) is 0 Å². The number of likely N-dealkylation sites (tertiary alicyclic amines) is 1. The molecule has 0 aliphatic carbocycles. The molecule has 1 fully saturated rings. The Kier molecular flexibility index (Phi) is 3.21. The van der Waals surface area contributed by atoms with Crippen LogP contribution in [0.4, 0.5) is 0 Å². The number of hydrogen-bond donors (Lipinski definition) is 0. The van der Waals surface area contributed by atoms with Crippen molar-refractivity contribution in [2.24, 2.45) is 0 Å². The molecule has 0 amide bonds. The maximum absolute atomic E-state index is 4.38. The molecule has 1 aromatic rings. The Hall–Kier alpha value is 0.320. The molecule has 1 aromatic heterocycles. The minimum absolute atomic E-state index is 0.821. The molecular weight excluding hydrogens is 295 g/mol. The standard InChI is InChI=1S/C9H13IN2S/c1-2-7-3-4-12(7)6-9-11-5-8(10)13-9/h5,7H,2-4,6H2,1H3. The highest BCUT2D eigenvalue weighted by Crippen LogP contribution is 2.24. The van der Waals surface area contributed by atoms with Crippen LogP contribution in [0.3, 0.4) is 0 Å². The van der Waals surface area contributed by atoms with Crippen molar-refractivity contribution in [2.75, 3.05) is 6.54 Å². The molecule has 1 aliphatic rings. The fourth-order valence-electron chi connectivity index (χ4n) is 1.70. The van der Waals surface area contributed by atoms with Crippen LogP contribution in [0.1, 0.15) is 24.8 Å². The molecule has 1 unspecified atom stereocenters. The van der Waals surface area contributed by atoms with E-state index in [0.29, 0.717) is 0 Å². The third-order valence-corrected chi connectivity index (χ3v) is 4.31. The van der Waals surface area contributed by atoms with Crippen LogP contribution in [-0.4, -0.2) is 22.5 Å². The van der Waals surface area contributed by atoms with Gasteiger partial charge in [-0.3, -0.25) is 4.90 Å². The fraction of sp³-hybridized carbons (Fsp3) is 0.667. The summed E-state index contributed by atoms with van der Waals surface area (Å²) >= 11 is 4.14. The largest absolute Gasteiger partial charge is 0.294 e. The topological polar surface area (TPSA) is 16.1 Å². The zero-order valence-electron chi connectivity index (χ0n) is 7.66. The summed E-state index contributed by atoms with van der Waals surface area (Å²) in [6, 6.07) is 0.821. The molecule has 2 rings (SSSR count). The third-order valence-electron chi connectivity index (χ3n) is 2.60. The number of aromatic nitrogens is 1. The van der Waals surface area contributed by atoms with Crippen LogP contribution < -0.4 is 0 Å². The second-order valence-corrected chi connectivity index (χ2v) is 6.39. The number of hydrogen-bond acceptors (Lipinski definition) is 3. The van der Waals surface area contributed by atoms with Crippen molar-refractivity contribution in [3.05, 3.63) is 14.1 Å². The number of thiazole rings is 1. The molecule has 0 bridgehead atoms. The fourth-order valence-corrected chi connectivity index (χ4v) is 3.27. The normalized spacial score (nSPS) is 23.1. The molecule has 13 heavy (non-hydrogen) atoms. The lowest BCUT2D eigenvalue weighted by atomic mass is 10.0. The Labute approximate surface area is 96.5 Å². The Morgan fingerprint density at radius 1 is 1.77 bits per heavy atom. The molecule has 0 spiro atoms. The number of halogens is 1. The molecule has 4 heteroatoms. The van der Waals surface area contributed by atoms with Gasteiger partial charge in [0.2, 0.25) is 0 Å². The minimum Gasteiger partial charge on any atom is -0.294 e. The quantitative estimate of drug-likeness (QED) is 0.798. The molecule has 0 saturated carbocycles. The Bertz CT molecular complexity index is 285. The van der Waals surface area contributed by atoms with Crippen molar-refractivity contribution in [1.82, 2.24) is 9.88 Å². The summed E-state index contributed by atoms with van der Waals surface area (Å²) in [4.78, 5) is 6.90. The van der Waals surface area contributed by atoms with Gasteiger partial charge in [-0.15, -0.1) is 11.3 Å². The van der Waals surface area contributed by atoms with E-state index in [1.807, 2.05) is 17.5 Å². The van der Waals surface area contributed by atoms with E-state index < -0.39 is 0 Å². The van der Waals surface area contributed by atoms with Crippen molar-refractivity contribution >= 4 is 33.9 Å². The van der Waals surface area contributed by atoms with Gasteiger partial charge in [0.1, 0.15) is 5.01 Å². The van der Waals surface area contributed by atoms with Gasteiger partial charge in [-0.25, -0.2) is 4.98 Å². The van der Waals surface area contributed by atoms with Crippen LogP contribution in [0.25, 0.3) is 0 Å². The summed E-state index contributed by atoms with van der Waals surface area (Å²) in [5, 5.41) is 1.27. The zero-order valence-corrected chi connectivity index (χ0v) is 10.6. The van der Waals surface area contributed by atoms with E-state index in [1.54, 1.807) is 0 Å². The summed E-state index contributed by atoms with van der Waals surface area (Å²) in [5.41, 5.74) is 0. The Balaban J connectivity index is 1.91. The lowest BCUT2D eigenvalue weighted by Gasteiger charge is -2.39. The van der Waals surface area contributed by atoms with Crippen molar-refractivity contribution in [1.29, 1.82) is 0 Å².